The summed E-state index contributed by atoms with van der Waals surface area (Å²) >= 11 is 6.54. The molecule has 3 aromatic carbocycles. The predicted molar refractivity (Wildman–Crippen MR) is 194 cm³/mol. The highest BCUT2D eigenvalue weighted by Crippen LogP contribution is 2.28. The van der Waals surface area contributed by atoms with Crippen molar-refractivity contribution in [1.29, 1.82) is 0 Å². The van der Waals surface area contributed by atoms with E-state index in [9.17, 15) is 18.8 Å². The Kier molecular flexibility index (Phi) is 10.5. The molecule has 0 fully saturated rings. The molecule has 2 heterocycles. The van der Waals surface area contributed by atoms with Crippen molar-refractivity contribution in [2.24, 2.45) is 0 Å². The number of hydrogen-bond acceptors (Lipinski definition) is 5. The lowest BCUT2D eigenvalue weighted by atomic mass is 9.92. The van der Waals surface area contributed by atoms with Gasteiger partial charge in [-0.25, -0.2) is 13.9 Å². The maximum atomic E-state index is 14.4. The van der Waals surface area contributed by atoms with E-state index in [4.69, 9.17) is 21.4 Å². The van der Waals surface area contributed by atoms with Gasteiger partial charge in [0.2, 0.25) is 0 Å². The maximum Gasteiger partial charge on any atom is 0.320 e. The molecule has 0 saturated carbocycles. The highest BCUT2D eigenvalue weighted by Gasteiger charge is 2.22. The summed E-state index contributed by atoms with van der Waals surface area (Å²) in [6.45, 7) is 11.6. The van der Waals surface area contributed by atoms with Gasteiger partial charge in [0, 0.05) is 42.4 Å². The van der Waals surface area contributed by atoms with Gasteiger partial charge in [-0.05, 0) is 73.9 Å². The Morgan fingerprint density at radius 3 is 2.34 bits per heavy atom. The Balaban J connectivity index is 1.33. The van der Waals surface area contributed by atoms with Crippen LogP contribution < -0.4 is 26.2 Å². The van der Waals surface area contributed by atoms with Crippen LogP contribution in [0.25, 0.3) is 11.4 Å². The number of nitrogens with zero attached hydrogens (tertiary/aromatic N) is 3. The Bertz CT molecular complexity index is 2130. The van der Waals surface area contributed by atoms with E-state index in [-0.39, 0.29) is 35.2 Å². The minimum absolute atomic E-state index is 0.0115. The van der Waals surface area contributed by atoms with Crippen LogP contribution >= 0.6 is 11.6 Å². The van der Waals surface area contributed by atoms with E-state index in [0.717, 1.165) is 22.5 Å². The van der Waals surface area contributed by atoms with E-state index in [1.165, 1.54) is 23.7 Å². The van der Waals surface area contributed by atoms with Crippen LogP contribution in [0.5, 0.6) is 5.75 Å². The maximum absolute atomic E-state index is 14.4. The molecule has 0 saturated heterocycles. The summed E-state index contributed by atoms with van der Waals surface area (Å²) in [5, 5.41) is 12.9. The predicted octanol–water partition coefficient (Wildman–Crippen LogP) is 7.30. The van der Waals surface area contributed by atoms with Crippen molar-refractivity contribution < 1.29 is 18.7 Å². The highest BCUT2D eigenvalue weighted by molar-refractivity contribution is 6.31. The molecule has 5 aromatic rings. The molecule has 5 rings (SSSR count). The van der Waals surface area contributed by atoms with Gasteiger partial charge in [-0.2, -0.15) is 5.10 Å². The van der Waals surface area contributed by atoms with E-state index in [1.54, 1.807) is 41.9 Å². The third-order valence-corrected chi connectivity index (χ3v) is 8.58. The zero-order valence-electron chi connectivity index (χ0n) is 29.1. The van der Waals surface area contributed by atoms with E-state index < -0.39 is 17.4 Å². The van der Waals surface area contributed by atoms with Crippen LogP contribution in [0.4, 0.5) is 15.0 Å². The molecule has 0 aliphatic carbocycles. The molecule has 0 spiro atoms. The van der Waals surface area contributed by atoms with Crippen LogP contribution in [0, 0.1) is 26.6 Å². The lowest BCUT2D eigenvalue weighted by Crippen LogP contribution is -2.29. The standard InChI is InChI=1S/C38H40ClFN6O4/c1-22-8-14-29(15-9-22)46-33(19-32(44-46)38(4,5)6)43-37(49)42-20-27-17-28(40)13-12-26(27)21-50-31-16-24(3)45(36(48)34(31)39)30-18-25(35(47)41-7)11-10-23(30)2/h8-19H,20-21H2,1-7H3,(H,41,47)(H2,42,43,49). The van der Waals surface area contributed by atoms with Crippen molar-refractivity contribution >= 4 is 29.4 Å². The molecular formula is C38H40ClFN6O4. The lowest BCUT2D eigenvalue weighted by molar-refractivity contribution is 0.0963. The number of benzene rings is 3. The number of aryl methyl sites for hydroxylation is 3. The number of nitrogens with one attached hydrogen (secondary N) is 3. The summed E-state index contributed by atoms with van der Waals surface area (Å²) in [6.07, 6.45) is 0. The fourth-order valence-electron chi connectivity index (χ4n) is 5.33. The summed E-state index contributed by atoms with van der Waals surface area (Å²) in [7, 11) is 1.53. The number of ether oxygens (including phenoxy) is 1. The molecule has 0 atom stereocenters. The van der Waals surface area contributed by atoms with Crippen molar-refractivity contribution in [1.82, 2.24) is 25.0 Å². The molecule has 50 heavy (non-hydrogen) atoms. The molecular weight excluding hydrogens is 659 g/mol. The van der Waals surface area contributed by atoms with Crippen LogP contribution in [0.2, 0.25) is 5.02 Å². The zero-order chi connectivity index (χ0) is 36.3. The quantitative estimate of drug-likeness (QED) is 0.149. The van der Waals surface area contributed by atoms with Gasteiger partial charge >= 0.3 is 6.03 Å². The summed E-state index contributed by atoms with van der Waals surface area (Å²) in [5.41, 5.74) is 5.19. The van der Waals surface area contributed by atoms with Gasteiger partial charge in [-0.15, -0.1) is 0 Å². The van der Waals surface area contributed by atoms with Crippen LogP contribution in [0.3, 0.4) is 0 Å². The van der Waals surface area contributed by atoms with E-state index in [1.807, 2.05) is 65.0 Å². The van der Waals surface area contributed by atoms with E-state index in [2.05, 4.69) is 16.0 Å². The second kappa shape index (κ2) is 14.6. The summed E-state index contributed by atoms with van der Waals surface area (Å²) in [6, 6.07) is 20.0. The molecule has 12 heteroatoms. The van der Waals surface area contributed by atoms with E-state index >= 15 is 0 Å². The molecule has 10 nitrogen and oxygen atoms in total. The van der Waals surface area contributed by atoms with Crippen LogP contribution in [0.15, 0.2) is 77.6 Å². The number of carbonyl (C=O) groups is 2. The normalized spacial score (nSPS) is 11.3. The van der Waals surface area contributed by atoms with Gasteiger partial charge in [0.15, 0.2) is 0 Å². The second-order valence-electron chi connectivity index (χ2n) is 13.1. The van der Waals surface area contributed by atoms with Crippen molar-refractivity contribution in [2.75, 3.05) is 12.4 Å². The number of halogens is 2. The number of rotatable bonds is 9. The molecule has 2 aromatic heterocycles. The summed E-state index contributed by atoms with van der Waals surface area (Å²) in [4.78, 5) is 38.9. The Hall–Kier alpha value is -5.42. The number of carbonyl (C=O) groups excluding carboxylic acids is 2. The van der Waals surface area contributed by atoms with Gasteiger partial charge in [-0.1, -0.05) is 62.2 Å². The Labute approximate surface area is 295 Å². The number of aromatic nitrogens is 3. The van der Waals surface area contributed by atoms with Crippen molar-refractivity contribution in [3.05, 3.63) is 133 Å². The average Bonchev–Trinajstić information content (AvgIpc) is 3.50. The first-order valence-electron chi connectivity index (χ1n) is 16.0. The number of pyridine rings is 1. The molecule has 0 aliphatic heterocycles. The molecule has 260 valence electrons. The van der Waals surface area contributed by atoms with Crippen molar-refractivity contribution in [2.45, 2.75) is 60.1 Å². The minimum atomic E-state index is -0.518. The molecule has 3 amide bonds. The van der Waals surface area contributed by atoms with Gasteiger partial charge in [0.1, 0.15) is 29.0 Å². The SMILES string of the molecule is CNC(=O)c1ccc(C)c(-n2c(C)cc(OCc3ccc(F)cc3CNC(=O)Nc3cc(C(C)(C)C)nn3-c3ccc(C)cc3)c(Cl)c2=O)c1. The summed E-state index contributed by atoms with van der Waals surface area (Å²) in [5.74, 6) is -0.141. The van der Waals surface area contributed by atoms with Crippen LogP contribution in [-0.2, 0) is 18.6 Å². The Morgan fingerprint density at radius 2 is 1.66 bits per heavy atom. The van der Waals surface area contributed by atoms with Crippen molar-refractivity contribution in [3.63, 3.8) is 0 Å². The second-order valence-corrected chi connectivity index (χ2v) is 13.5. The third-order valence-electron chi connectivity index (χ3n) is 8.23. The lowest BCUT2D eigenvalue weighted by Gasteiger charge is -2.17. The Morgan fingerprint density at radius 1 is 0.940 bits per heavy atom. The molecule has 0 radical (unpaired) electrons. The van der Waals surface area contributed by atoms with Gasteiger partial charge in [-0.3, -0.25) is 19.5 Å². The van der Waals surface area contributed by atoms with Crippen LogP contribution in [0.1, 0.15) is 64.8 Å². The first-order valence-corrected chi connectivity index (χ1v) is 16.4. The largest absolute Gasteiger partial charge is 0.487 e. The fourth-order valence-corrected chi connectivity index (χ4v) is 5.53. The number of anilines is 1. The third kappa shape index (κ3) is 7.89. The zero-order valence-corrected chi connectivity index (χ0v) is 29.8. The summed E-state index contributed by atoms with van der Waals surface area (Å²) < 4.78 is 23.5. The number of hydrogen-bond donors (Lipinski definition) is 3. The van der Waals surface area contributed by atoms with Gasteiger partial charge in [0.25, 0.3) is 11.5 Å². The smallest absolute Gasteiger partial charge is 0.320 e. The molecule has 0 bridgehead atoms. The van der Waals surface area contributed by atoms with Crippen molar-refractivity contribution in [3.8, 4) is 17.1 Å². The van der Waals surface area contributed by atoms with Gasteiger partial charge < -0.3 is 15.4 Å². The fraction of sp³-hybridized carbons (Fsp3) is 0.263. The first-order chi connectivity index (χ1) is 23.7. The average molecular weight is 699 g/mol. The number of amides is 3. The highest BCUT2D eigenvalue weighted by atomic mass is 35.5. The minimum Gasteiger partial charge on any atom is -0.487 e. The monoisotopic (exact) mass is 698 g/mol. The van der Waals surface area contributed by atoms with Gasteiger partial charge in [0.05, 0.1) is 17.1 Å². The first kappa shape index (κ1) is 35.9. The topological polar surface area (TPSA) is 119 Å². The number of urea groups is 1. The van der Waals surface area contributed by atoms with E-state index in [0.29, 0.717) is 33.9 Å². The molecule has 0 aliphatic rings. The molecule has 0 unspecified atom stereocenters. The van der Waals surface area contributed by atoms with Crippen LogP contribution in [-0.4, -0.2) is 33.3 Å². The molecule has 3 N–H and O–H groups in total.